The number of allylic oxidation sites excluding steroid dienone is 3. The van der Waals surface area contributed by atoms with Gasteiger partial charge in [0.25, 0.3) is 0 Å². The predicted molar refractivity (Wildman–Crippen MR) is 125 cm³/mol. The number of nitrogens with zero attached hydrogens (tertiary/aromatic N) is 5. The van der Waals surface area contributed by atoms with Crippen molar-refractivity contribution in [1.29, 1.82) is 0 Å². The third-order valence-corrected chi connectivity index (χ3v) is 5.98. The fourth-order valence-corrected chi connectivity index (χ4v) is 4.17. The topological polar surface area (TPSA) is 46.4 Å². The molecular weight excluding hydrogens is 386 g/mol. The third-order valence-electron chi connectivity index (χ3n) is 5.98. The van der Waals surface area contributed by atoms with Gasteiger partial charge in [-0.3, -0.25) is 0 Å². The van der Waals surface area contributed by atoms with Crippen LogP contribution in [0.25, 0.3) is 16.6 Å². The predicted octanol–water partition coefficient (Wildman–Crippen LogP) is 4.06. The first-order valence-corrected chi connectivity index (χ1v) is 10.7. The van der Waals surface area contributed by atoms with Crippen LogP contribution in [0, 0.1) is 0 Å². The molecule has 3 aromatic rings. The molecule has 4 heterocycles. The van der Waals surface area contributed by atoms with Crippen molar-refractivity contribution in [3.8, 4) is 0 Å². The summed E-state index contributed by atoms with van der Waals surface area (Å²) >= 11 is 0. The highest BCUT2D eigenvalue weighted by Crippen LogP contribution is 2.31. The van der Waals surface area contributed by atoms with Crippen molar-refractivity contribution in [1.82, 2.24) is 19.4 Å². The van der Waals surface area contributed by atoms with Gasteiger partial charge in [0.1, 0.15) is 17.2 Å². The van der Waals surface area contributed by atoms with Crippen LogP contribution >= 0.6 is 0 Å². The number of anilines is 1. The van der Waals surface area contributed by atoms with Crippen molar-refractivity contribution in [2.24, 2.45) is 0 Å². The largest absolute Gasteiger partial charge is 0.378 e. The monoisotopic (exact) mass is 413 g/mol. The maximum atomic E-state index is 5.51. The van der Waals surface area contributed by atoms with E-state index in [1.165, 1.54) is 5.56 Å². The molecule has 0 bridgehead atoms. The van der Waals surface area contributed by atoms with Crippen LogP contribution in [0.3, 0.4) is 0 Å². The molecule has 0 N–H and O–H groups in total. The number of hydrogen-bond donors (Lipinski definition) is 0. The van der Waals surface area contributed by atoms with Gasteiger partial charge in [-0.15, -0.1) is 0 Å². The Morgan fingerprint density at radius 3 is 2.65 bits per heavy atom. The lowest BCUT2D eigenvalue weighted by atomic mass is 10.1. The van der Waals surface area contributed by atoms with E-state index in [1.807, 2.05) is 19.3 Å². The number of aromatic nitrogens is 3. The zero-order valence-electron chi connectivity index (χ0n) is 18.1. The molecular formula is C25H27N5O. The molecule has 6 nitrogen and oxygen atoms in total. The quantitative estimate of drug-likeness (QED) is 0.645. The number of rotatable bonds is 4. The number of imidazole rings is 1. The van der Waals surface area contributed by atoms with Crippen LogP contribution in [0.5, 0.6) is 0 Å². The van der Waals surface area contributed by atoms with Gasteiger partial charge in [0, 0.05) is 50.2 Å². The highest BCUT2D eigenvalue weighted by atomic mass is 16.5. The molecule has 0 saturated carbocycles. The van der Waals surface area contributed by atoms with Gasteiger partial charge < -0.3 is 19.1 Å². The molecule has 2 aliphatic rings. The van der Waals surface area contributed by atoms with Crippen LogP contribution in [-0.2, 0) is 11.3 Å². The molecule has 0 unspecified atom stereocenters. The average molecular weight is 414 g/mol. The second-order valence-electron chi connectivity index (χ2n) is 8.11. The Morgan fingerprint density at radius 1 is 1.13 bits per heavy atom. The lowest BCUT2D eigenvalue weighted by Crippen LogP contribution is -2.36. The highest BCUT2D eigenvalue weighted by Gasteiger charge is 2.20. The molecule has 5 rings (SSSR count). The maximum Gasteiger partial charge on any atom is 0.143 e. The fourth-order valence-electron chi connectivity index (χ4n) is 4.17. The highest BCUT2D eigenvalue weighted by molar-refractivity contribution is 5.84. The van der Waals surface area contributed by atoms with Gasteiger partial charge in [-0.25, -0.2) is 9.97 Å². The lowest BCUT2D eigenvalue weighted by Gasteiger charge is -2.27. The third kappa shape index (κ3) is 3.75. The molecule has 1 aromatic carbocycles. The van der Waals surface area contributed by atoms with Gasteiger partial charge in [0.05, 0.1) is 24.9 Å². The van der Waals surface area contributed by atoms with Gasteiger partial charge in [-0.1, -0.05) is 36.9 Å². The van der Waals surface area contributed by atoms with Crippen molar-refractivity contribution in [3.05, 3.63) is 84.1 Å². The summed E-state index contributed by atoms with van der Waals surface area (Å²) in [5.74, 6) is 1.92. The van der Waals surface area contributed by atoms with E-state index in [4.69, 9.17) is 14.7 Å². The van der Waals surface area contributed by atoms with Crippen LogP contribution in [0.1, 0.15) is 18.3 Å². The molecule has 31 heavy (non-hydrogen) atoms. The minimum Gasteiger partial charge on any atom is -0.378 e. The number of benzene rings is 1. The van der Waals surface area contributed by atoms with Gasteiger partial charge in [-0.2, -0.15) is 0 Å². The lowest BCUT2D eigenvalue weighted by molar-refractivity contribution is 0.122. The van der Waals surface area contributed by atoms with Crippen LogP contribution in [0.2, 0.25) is 0 Å². The van der Waals surface area contributed by atoms with Crippen LogP contribution in [-0.4, -0.2) is 52.8 Å². The van der Waals surface area contributed by atoms with Crippen LogP contribution in [0.15, 0.2) is 72.7 Å². The molecule has 2 aromatic heterocycles. The Balaban J connectivity index is 1.64. The number of pyridine rings is 1. The smallest absolute Gasteiger partial charge is 0.143 e. The van der Waals surface area contributed by atoms with Gasteiger partial charge in [0.2, 0.25) is 0 Å². The Hall–Kier alpha value is -3.38. The van der Waals surface area contributed by atoms with E-state index >= 15 is 0 Å². The van der Waals surface area contributed by atoms with Crippen molar-refractivity contribution in [3.63, 3.8) is 0 Å². The van der Waals surface area contributed by atoms with E-state index in [9.17, 15) is 0 Å². The molecule has 2 aliphatic heterocycles. The Kier molecular flexibility index (Phi) is 5.08. The summed E-state index contributed by atoms with van der Waals surface area (Å²) in [7, 11) is 2.03. The van der Waals surface area contributed by atoms with Gasteiger partial charge in [0.15, 0.2) is 0 Å². The zero-order chi connectivity index (χ0) is 21.4. The summed E-state index contributed by atoms with van der Waals surface area (Å²) in [6.07, 6.45) is 6.17. The maximum absolute atomic E-state index is 5.51. The second kappa shape index (κ2) is 8.04. The average Bonchev–Trinajstić information content (AvgIpc) is 3.16. The Labute approximate surface area is 182 Å². The first kappa shape index (κ1) is 19.6. The molecule has 0 spiro atoms. The van der Waals surface area contributed by atoms with E-state index in [2.05, 4.69) is 70.5 Å². The van der Waals surface area contributed by atoms with Crippen LogP contribution < -0.4 is 4.90 Å². The van der Waals surface area contributed by atoms with Gasteiger partial charge >= 0.3 is 0 Å². The molecule has 1 fully saturated rings. The summed E-state index contributed by atoms with van der Waals surface area (Å²) in [6.45, 7) is 10.2. The zero-order valence-corrected chi connectivity index (χ0v) is 18.1. The van der Waals surface area contributed by atoms with Crippen molar-refractivity contribution >= 4 is 22.4 Å². The van der Waals surface area contributed by atoms with Gasteiger partial charge in [-0.05, 0) is 24.1 Å². The van der Waals surface area contributed by atoms with E-state index < -0.39 is 0 Å². The van der Waals surface area contributed by atoms with E-state index in [-0.39, 0.29) is 0 Å². The number of morpholine rings is 1. The van der Waals surface area contributed by atoms with Crippen molar-refractivity contribution < 1.29 is 4.74 Å². The molecule has 0 radical (unpaired) electrons. The summed E-state index contributed by atoms with van der Waals surface area (Å²) in [5, 5.41) is 0. The summed E-state index contributed by atoms with van der Waals surface area (Å²) in [5.41, 5.74) is 6.46. The SMILES string of the molecule is C=C1C(C)=CC(c2nc3cnc(N4CCOCC4)cc3n2Cc2ccccc2)=CN1C. The molecule has 0 atom stereocenters. The number of ether oxygens (including phenoxy) is 1. The number of hydrogen-bond acceptors (Lipinski definition) is 5. The molecule has 1 saturated heterocycles. The summed E-state index contributed by atoms with van der Waals surface area (Å²) in [4.78, 5) is 14.1. The van der Waals surface area contributed by atoms with Crippen molar-refractivity contribution in [2.45, 2.75) is 13.5 Å². The number of likely N-dealkylation sites (N-methyl/N-ethyl adjacent to an activating group) is 1. The molecule has 0 amide bonds. The van der Waals surface area contributed by atoms with Crippen LogP contribution in [0.4, 0.5) is 5.82 Å². The first-order chi connectivity index (χ1) is 15.1. The second-order valence-corrected chi connectivity index (χ2v) is 8.11. The minimum atomic E-state index is 0.738. The normalized spacial score (nSPS) is 17.2. The number of fused-ring (bicyclic) bond motifs is 1. The first-order valence-electron chi connectivity index (χ1n) is 10.7. The standard InChI is InChI=1S/C25H27N5O/c1-18-13-21(17-28(3)19(18)2)25-27-22-15-26-24(29-9-11-31-12-10-29)14-23(22)30(25)16-20-7-5-4-6-8-20/h4-8,13-15,17H,2,9-12,16H2,1,3H3. The molecule has 158 valence electrons. The van der Waals surface area contributed by atoms with E-state index in [0.29, 0.717) is 0 Å². The Morgan fingerprint density at radius 2 is 1.90 bits per heavy atom. The molecule has 0 aliphatic carbocycles. The summed E-state index contributed by atoms with van der Waals surface area (Å²) < 4.78 is 7.81. The van der Waals surface area contributed by atoms with E-state index in [1.54, 1.807) is 0 Å². The minimum absolute atomic E-state index is 0.738. The van der Waals surface area contributed by atoms with Crippen molar-refractivity contribution in [2.75, 3.05) is 38.3 Å². The summed E-state index contributed by atoms with van der Waals surface area (Å²) in [6, 6.07) is 12.7. The Bertz CT molecular complexity index is 1190. The fraction of sp³-hybridized carbons (Fsp3) is 0.280. The van der Waals surface area contributed by atoms with E-state index in [0.717, 1.165) is 72.4 Å². The molecule has 6 heteroatoms.